The number of aliphatic hydroxyl groups is 1. The smallest absolute Gasteiger partial charge is 0.339 e. The van der Waals surface area contributed by atoms with Crippen LogP contribution in [-0.2, 0) is 4.74 Å². The van der Waals surface area contributed by atoms with E-state index in [1.54, 1.807) is 18.2 Å². The van der Waals surface area contributed by atoms with Crippen LogP contribution in [0, 0.1) is 0 Å². The maximum absolute atomic E-state index is 11.3. The Labute approximate surface area is 99.0 Å². The zero-order valence-corrected chi connectivity index (χ0v) is 9.70. The van der Waals surface area contributed by atoms with Gasteiger partial charge in [0.15, 0.2) is 0 Å². The van der Waals surface area contributed by atoms with Crippen molar-refractivity contribution in [3.05, 3.63) is 34.3 Å². The van der Waals surface area contributed by atoms with Crippen LogP contribution in [0.4, 0.5) is 0 Å². The SMILES string of the molecule is COC(=O)c1ccc(C(N)CCO)cc1Cl. The zero-order chi connectivity index (χ0) is 12.1. The number of rotatable bonds is 4. The van der Waals surface area contributed by atoms with E-state index in [1.807, 2.05) is 0 Å². The fraction of sp³-hybridized carbons (Fsp3) is 0.364. The number of methoxy groups -OCH3 is 1. The Hall–Kier alpha value is -1.10. The number of benzene rings is 1. The van der Waals surface area contributed by atoms with Gasteiger partial charge in [0.2, 0.25) is 0 Å². The Kier molecular flexibility index (Phi) is 4.73. The van der Waals surface area contributed by atoms with E-state index in [1.165, 1.54) is 7.11 Å². The first-order valence-electron chi connectivity index (χ1n) is 4.84. The van der Waals surface area contributed by atoms with E-state index in [0.717, 1.165) is 5.56 Å². The highest BCUT2D eigenvalue weighted by molar-refractivity contribution is 6.33. The van der Waals surface area contributed by atoms with Gasteiger partial charge in [-0.25, -0.2) is 4.79 Å². The van der Waals surface area contributed by atoms with Gasteiger partial charge in [0.25, 0.3) is 0 Å². The van der Waals surface area contributed by atoms with Gasteiger partial charge in [-0.2, -0.15) is 0 Å². The number of halogens is 1. The molecule has 0 heterocycles. The van der Waals surface area contributed by atoms with E-state index in [2.05, 4.69) is 4.74 Å². The van der Waals surface area contributed by atoms with E-state index >= 15 is 0 Å². The minimum Gasteiger partial charge on any atom is -0.465 e. The molecular weight excluding hydrogens is 230 g/mol. The third-order valence-electron chi connectivity index (χ3n) is 2.27. The Morgan fingerprint density at radius 3 is 2.81 bits per heavy atom. The van der Waals surface area contributed by atoms with Crippen molar-refractivity contribution in [3.63, 3.8) is 0 Å². The number of ether oxygens (including phenoxy) is 1. The molecule has 16 heavy (non-hydrogen) atoms. The molecule has 1 aromatic rings. The van der Waals surface area contributed by atoms with Crippen molar-refractivity contribution in [2.45, 2.75) is 12.5 Å². The topological polar surface area (TPSA) is 72.5 Å². The Bertz CT molecular complexity index is 381. The molecule has 0 fully saturated rings. The molecule has 4 nitrogen and oxygen atoms in total. The summed E-state index contributed by atoms with van der Waals surface area (Å²) in [5.74, 6) is -0.479. The third-order valence-corrected chi connectivity index (χ3v) is 2.58. The largest absolute Gasteiger partial charge is 0.465 e. The van der Waals surface area contributed by atoms with Crippen LogP contribution in [0.3, 0.4) is 0 Å². The maximum Gasteiger partial charge on any atom is 0.339 e. The standard InChI is InChI=1S/C11H14ClNO3/c1-16-11(15)8-3-2-7(6-9(8)12)10(13)4-5-14/h2-3,6,10,14H,4-5,13H2,1H3. The van der Waals surface area contributed by atoms with Gasteiger partial charge in [-0.1, -0.05) is 17.7 Å². The minimum atomic E-state index is -0.479. The monoisotopic (exact) mass is 243 g/mol. The average molecular weight is 244 g/mol. The molecule has 0 amide bonds. The molecule has 3 N–H and O–H groups in total. The first-order valence-corrected chi connectivity index (χ1v) is 5.22. The van der Waals surface area contributed by atoms with Crippen molar-refractivity contribution in [2.75, 3.05) is 13.7 Å². The van der Waals surface area contributed by atoms with Gasteiger partial charge in [0.1, 0.15) is 0 Å². The van der Waals surface area contributed by atoms with Gasteiger partial charge in [-0.05, 0) is 24.1 Å². The fourth-order valence-corrected chi connectivity index (χ4v) is 1.61. The summed E-state index contributed by atoms with van der Waals surface area (Å²) in [6.07, 6.45) is 0.452. The Balaban J connectivity index is 2.94. The van der Waals surface area contributed by atoms with Crippen LogP contribution in [0.15, 0.2) is 18.2 Å². The van der Waals surface area contributed by atoms with Crippen molar-refractivity contribution in [1.29, 1.82) is 0 Å². The summed E-state index contributed by atoms with van der Waals surface area (Å²) in [7, 11) is 1.30. The van der Waals surface area contributed by atoms with Crippen LogP contribution in [0.5, 0.6) is 0 Å². The molecule has 1 atom stereocenters. The van der Waals surface area contributed by atoms with Crippen LogP contribution in [-0.4, -0.2) is 24.8 Å². The minimum absolute atomic E-state index is 0.0114. The number of aliphatic hydroxyl groups excluding tert-OH is 1. The lowest BCUT2D eigenvalue weighted by Gasteiger charge is -2.11. The highest BCUT2D eigenvalue weighted by Gasteiger charge is 2.13. The molecule has 1 aromatic carbocycles. The van der Waals surface area contributed by atoms with Gasteiger partial charge in [0, 0.05) is 12.6 Å². The molecule has 0 bridgehead atoms. The lowest BCUT2D eigenvalue weighted by atomic mass is 10.0. The second-order valence-corrected chi connectivity index (χ2v) is 3.76. The van der Waals surface area contributed by atoms with Gasteiger partial charge in [-0.3, -0.25) is 0 Å². The molecule has 5 heteroatoms. The molecule has 1 rings (SSSR count). The molecule has 0 aliphatic carbocycles. The van der Waals surface area contributed by atoms with Crippen molar-refractivity contribution >= 4 is 17.6 Å². The lowest BCUT2D eigenvalue weighted by molar-refractivity contribution is 0.0601. The summed E-state index contributed by atoms with van der Waals surface area (Å²) >= 11 is 5.93. The van der Waals surface area contributed by atoms with Crippen molar-refractivity contribution in [2.24, 2.45) is 5.73 Å². The first-order chi connectivity index (χ1) is 7.60. The van der Waals surface area contributed by atoms with Crippen LogP contribution in [0.25, 0.3) is 0 Å². The highest BCUT2D eigenvalue weighted by Crippen LogP contribution is 2.22. The highest BCUT2D eigenvalue weighted by atomic mass is 35.5. The number of nitrogens with two attached hydrogens (primary N) is 1. The van der Waals surface area contributed by atoms with E-state index in [0.29, 0.717) is 17.0 Å². The van der Waals surface area contributed by atoms with Gasteiger partial charge >= 0.3 is 5.97 Å². The van der Waals surface area contributed by atoms with Crippen molar-refractivity contribution in [3.8, 4) is 0 Å². The van der Waals surface area contributed by atoms with Gasteiger partial charge < -0.3 is 15.6 Å². The number of esters is 1. The summed E-state index contributed by atoms with van der Waals surface area (Å²) in [5, 5.41) is 9.06. The molecule has 1 unspecified atom stereocenters. The fourth-order valence-electron chi connectivity index (χ4n) is 1.34. The van der Waals surface area contributed by atoms with Crippen LogP contribution < -0.4 is 5.73 Å². The molecule has 0 saturated heterocycles. The molecule has 0 aromatic heterocycles. The van der Waals surface area contributed by atoms with E-state index in [9.17, 15) is 4.79 Å². The quantitative estimate of drug-likeness (QED) is 0.787. The van der Waals surface area contributed by atoms with Crippen molar-refractivity contribution in [1.82, 2.24) is 0 Å². The number of hydrogen-bond donors (Lipinski definition) is 2. The summed E-state index contributed by atoms with van der Waals surface area (Å²) in [5.41, 5.74) is 6.89. The summed E-state index contributed by atoms with van der Waals surface area (Å²) < 4.78 is 4.57. The van der Waals surface area contributed by atoms with Crippen LogP contribution in [0.2, 0.25) is 5.02 Å². The van der Waals surface area contributed by atoms with E-state index in [4.69, 9.17) is 22.4 Å². The molecule has 0 radical (unpaired) electrons. The second kappa shape index (κ2) is 5.84. The molecule has 88 valence electrons. The van der Waals surface area contributed by atoms with Crippen LogP contribution in [0.1, 0.15) is 28.4 Å². The van der Waals surface area contributed by atoms with E-state index < -0.39 is 5.97 Å². The molecule has 0 saturated carbocycles. The lowest BCUT2D eigenvalue weighted by Crippen LogP contribution is -2.12. The van der Waals surface area contributed by atoms with Crippen LogP contribution >= 0.6 is 11.6 Å². The molecular formula is C11H14ClNO3. The number of carbonyl (C=O) groups is 1. The van der Waals surface area contributed by atoms with Gasteiger partial charge in [-0.15, -0.1) is 0 Å². The summed E-state index contributed by atoms with van der Waals surface area (Å²) in [6, 6.07) is 4.61. The van der Waals surface area contributed by atoms with Gasteiger partial charge in [0.05, 0.1) is 17.7 Å². The predicted octanol–water partition coefficient (Wildman–Crippen LogP) is 1.51. The molecule has 0 spiro atoms. The predicted molar refractivity (Wildman–Crippen MR) is 61.4 cm³/mol. The number of hydrogen-bond acceptors (Lipinski definition) is 4. The second-order valence-electron chi connectivity index (χ2n) is 3.35. The average Bonchev–Trinajstić information content (AvgIpc) is 2.28. The Morgan fingerprint density at radius 2 is 2.31 bits per heavy atom. The van der Waals surface area contributed by atoms with E-state index in [-0.39, 0.29) is 12.6 Å². The Morgan fingerprint density at radius 1 is 1.62 bits per heavy atom. The summed E-state index contributed by atoms with van der Waals surface area (Å²) in [4.78, 5) is 11.3. The summed E-state index contributed by atoms with van der Waals surface area (Å²) in [6.45, 7) is 0.0114. The third kappa shape index (κ3) is 2.95. The number of carbonyl (C=O) groups excluding carboxylic acids is 1. The molecule has 0 aliphatic heterocycles. The first kappa shape index (κ1) is 13.0. The normalized spacial score (nSPS) is 12.2. The zero-order valence-electron chi connectivity index (χ0n) is 8.94. The molecule has 0 aliphatic rings. The maximum atomic E-state index is 11.3. The van der Waals surface area contributed by atoms with Crippen molar-refractivity contribution < 1.29 is 14.6 Å².